The molecule has 0 saturated carbocycles. The van der Waals surface area contributed by atoms with E-state index >= 15 is 0 Å². The van der Waals surface area contributed by atoms with Gasteiger partial charge in [-0.1, -0.05) is 12.2 Å². The van der Waals surface area contributed by atoms with Crippen LogP contribution in [-0.4, -0.2) is 44.6 Å². The van der Waals surface area contributed by atoms with E-state index in [0.717, 1.165) is 13.8 Å². The Kier molecular flexibility index (Phi) is 9.81. The summed E-state index contributed by atoms with van der Waals surface area (Å²) in [4.78, 5) is 18.0. The van der Waals surface area contributed by atoms with Gasteiger partial charge in [0.2, 0.25) is 0 Å². The third-order valence-corrected chi connectivity index (χ3v) is 1.04. The minimum absolute atomic E-state index is 0.407. The highest BCUT2D eigenvalue weighted by Gasteiger charge is 2.11. The number of aliphatic hydroxyl groups is 2. The lowest BCUT2D eigenvalue weighted by Gasteiger charge is -1.96. The molecule has 6 nitrogen and oxygen atoms in total. The van der Waals surface area contributed by atoms with Crippen molar-refractivity contribution in [1.82, 2.24) is 0 Å². The predicted molar refractivity (Wildman–Crippen MR) is 52.4 cm³/mol. The molecule has 0 aromatic carbocycles. The Labute approximate surface area is 87.5 Å². The molecule has 1 aliphatic rings. The highest BCUT2D eigenvalue weighted by molar-refractivity contribution is 5.63. The van der Waals surface area contributed by atoms with Crippen LogP contribution in [-0.2, 0) is 9.59 Å². The van der Waals surface area contributed by atoms with E-state index in [1.54, 1.807) is 12.2 Å². The van der Waals surface area contributed by atoms with Crippen LogP contribution in [0.5, 0.6) is 0 Å². The second-order valence-electron chi connectivity index (χ2n) is 2.79. The Morgan fingerprint density at radius 1 is 1.00 bits per heavy atom. The van der Waals surface area contributed by atoms with Crippen molar-refractivity contribution < 1.29 is 30.0 Å². The van der Waals surface area contributed by atoms with Crippen LogP contribution in [0.2, 0.25) is 0 Å². The van der Waals surface area contributed by atoms with Crippen molar-refractivity contribution >= 4 is 11.9 Å². The van der Waals surface area contributed by atoms with Crippen molar-refractivity contribution in [2.75, 3.05) is 0 Å². The minimum atomic E-state index is -0.833. The van der Waals surface area contributed by atoms with E-state index in [0.29, 0.717) is 6.42 Å². The first kappa shape index (κ1) is 16.0. The van der Waals surface area contributed by atoms with Crippen LogP contribution in [0, 0.1) is 0 Å². The molecular weight excluding hydrogens is 204 g/mol. The second-order valence-corrected chi connectivity index (χ2v) is 2.79. The fraction of sp³-hybridized carbons (Fsp3) is 0.556. The Morgan fingerprint density at radius 2 is 1.20 bits per heavy atom. The molecule has 0 saturated heterocycles. The van der Waals surface area contributed by atoms with Crippen LogP contribution in [0.1, 0.15) is 20.3 Å². The SMILES string of the molecule is CC(=O)O.CC(=O)O.O[C@H]1C=C[C@H](O)C1. The van der Waals surface area contributed by atoms with Gasteiger partial charge in [-0.05, 0) is 0 Å². The maximum Gasteiger partial charge on any atom is 0.300 e. The molecule has 0 unspecified atom stereocenters. The molecule has 0 fully saturated rings. The molecule has 88 valence electrons. The normalized spacial score (nSPS) is 21.9. The number of hydrogen-bond donors (Lipinski definition) is 4. The summed E-state index contributed by atoms with van der Waals surface area (Å²) < 4.78 is 0. The van der Waals surface area contributed by atoms with Crippen LogP contribution in [0.4, 0.5) is 0 Å². The molecule has 1 rings (SSSR count). The van der Waals surface area contributed by atoms with E-state index in [9.17, 15) is 0 Å². The van der Waals surface area contributed by atoms with Gasteiger partial charge in [0.15, 0.2) is 0 Å². The van der Waals surface area contributed by atoms with Crippen LogP contribution in [0.3, 0.4) is 0 Å². The highest BCUT2D eigenvalue weighted by Crippen LogP contribution is 2.08. The first-order chi connectivity index (χ1) is 6.75. The molecule has 0 radical (unpaired) electrons. The maximum absolute atomic E-state index is 9.00. The van der Waals surface area contributed by atoms with Crippen LogP contribution >= 0.6 is 0 Å². The summed E-state index contributed by atoms with van der Waals surface area (Å²) >= 11 is 0. The lowest BCUT2D eigenvalue weighted by molar-refractivity contribution is -0.135. The van der Waals surface area contributed by atoms with Gasteiger partial charge in [-0.3, -0.25) is 9.59 Å². The molecule has 0 bridgehead atoms. The third kappa shape index (κ3) is 24.5. The van der Waals surface area contributed by atoms with Crippen molar-refractivity contribution in [2.24, 2.45) is 0 Å². The van der Waals surface area contributed by atoms with E-state index in [-0.39, 0.29) is 0 Å². The van der Waals surface area contributed by atoms with E-state index < -0.39 is 24.1 Å². The number of rotatable bonds is 0. The van der Waals surface area contributed by atoms with Gasteiger partial charge in [0.05, 0.1) is 12.2 Å². The molecule has 1 aliphatic carbocycles. The second kappa shape index (κ2) is 9.17. The van der Waals surface area contributed by atoms with Gasteiger partial charge < -0.3 is 20.4 Å². The zero-order valence-electron chi connectivity index (χ0n) is 8.62. The van der Waals surface area contributed by atoms with Crippen molar-refractivity contribution in [3.63, 3.8) is 0 Å². The van der Waals surface area contributed by atoms with E-state index in [2.05, 4.69) is 0 Å². The average molecular weight is 220 g/mol. The zero-order valence-corrected chi connectivity index (χ0v) is 8.62. The van der Waals surface area contributed by atoms with E-state index in [1.807, 2.05) is 0 Å². The number of carboxylic acids is 2. The first-order valence-corrected chi connectivity index (χ1v) is 4.19. The fourth-order valence-corrected chi connectivity index (χ4v) is 0.661. The Balaban J connectivity index is 0. The van der Waals surface area contributed by atoms with Gasteiger partial charge >= 0.3 is 0 Å². The van der Waals surface area contributed by atoms with Crippen LogP contribution in [0.25, 0.3) is 0 Å². The van der Waals surface area contributed by atoms with Gasteiger partial charge in [0.1, 0.15) is 0 Å². The van der Waals surface area contributed by atoms with Gasteiger partial charge in [-0.2, -0.15) is 0 Å². The predicted octanol–water partition coefficient (Wildman–Crippen LogP) is -0.150. The van der Waals surface area contributed by atoms with Gasteiger partial charge in [0.25, 0.3) is 11.9 Å². The Morgan fingerprint density at radius 3 is 1.27 bits per heavy atom. The van der Waals surface area contributed by atoms with Crippen molar-refractivity contribution in [2.45, 2.75) is 32.5 Å². The van der Waals surface area contributed by atoms with Crippen LogP contribution < -0.4 is 0 Å². The third-order valence-electron chi connectivity index (χ3n) is 1.04. The van der Waals surface area contributed by atoms with Crippen molar-refractivity contribution in [3.05, 3.63) is 12.2 Å². The van der Waals surface area contributed by atoms with Gasteiger partial charge in [-0.25, -0.2) is 0 Å². The smallest absolute Gasteiger partial charge is 0.300 e. The number of aliphatic hydroxyl groups excluding tert-OH is 2. The van der Waals surface area contributed by atoms with Crippen LogP contribution in [0.15, 0.2) is 12.2 Å². The van der Waals surface area contributed by atoms with Crippen molar-refractivity contribution in [3.8, 4) is 0 Å². The van der Waals surface area contributed by atoms with E-state index in [4.69, 9.17) is 30.0 Å². The average Bonchev–Trinajstić information content (AvgIpc) is 2.31. The standard InChI is InChI=1S/C5H8O2.2C2H4O2/c6-4-1-2-5(7)3-4;2*1-2(3)4/h1-2,4-7H,3H2;2*1H3,(H,3,4)/t4-,5-;;/m0../s1. The number of carbonyl (C=O) groups is 2. The van der Waals surface area contributed by atoms with E-state index in [1.165, 1.54) is 0 Å². The molecule has 0 aromatic heterocycles. The summed E-state index contributed by atoms with van der Waals surface area (Å²) in [7, 11) is 0. The summed E-state index contributed by atoms with van der Waals surface area (Å²) in [6, 6.07) is 0. The zero-order chi connectivity index (χ0) is 12.4. The lowest BCUT2D eigenvalue weighted by atomic mass is 10.3. The monoisotopic (exact) mass is 220 g/mol. The molecule has 0 aliphatic heterocycles. The topological polar surface area (TPSA) is 115 Å². The summed E-state index contributed by atoms with van der Waals surface area (Å²) in [5.41, 5.74) is 0. The summed E-state index contributed by atoms with van der Waals surface area (Å²) in [5, 5.41) is 32.1. The number of hydrogen-bond acceptors (Lipinski definition) is 4. The molecule has 15 heavy (non-hydrogen) atoms. The Hall–Kier alpha value is -1.40. The molecule has 2 atom stereocenters. The largest absolute Gasteiger partial charge is 0.481 e. The fourth-order valence-electron chi connectivity index (χ4n) is 0.661. The molecule has 0 heterocycles. The maximum atomic E-state index is 9.00. The quantitative estimate of drug-likeness (QED) is 0.422. The molecule has 6 heteroatoms. The molecule has 0 aromatic rings. The highest BCUT2D eigenvalue weighted by atomic mass is 16.4. The summed E-state index contributed by atoms with van der Waals surface area (Å²) in [6.07, 6.45) is 2.86. The molecule has 4 N–H and O–H groups in total. The summed E-state index contributed by atoms with van der Waals surface area (Å²) in [5.74, 6) is -1.67. The lowest BCUT2D eigenvalue weighted by Crippen LogP contribution is -2.04. The molecule has 0 amide bonds. The van der Waals surface area contributed by atoms with Gasteiger partial charge in [-0.15, -0.1) is 0 Å². The minimum Gasteiger partial charge on any atom is -0.481 e. The number of aliphatic carboxylic acids is 2. The Bertz CT molecular complexity index is 193. The number of carboxylic acid groups (broad SMARTS) is 2. The molecule has 0 spiro atoms. The first-order valence-electron chi connectivity index (χ1n) is 4.19. The van der Waals surface area contributed by atoms with Gasteiger partial charge in [0, 0.05) is 20.3 Å². The molecular formula is C9H16O6. The summed E-state index contributed by atoms with van der Waals surface area (Å²) in [6.45, 7) is 2.17. The van der Waals surface area contributed by atoms with Crippen molar-refractivity contribution in [1.29, 1.82) is 0 Å².